The molecule has 1 saturated heterocycles. The van der Waals surface area contributed by atoms with Gasteiger partial charge in [-0.15, -0.1) is 11.3 Å². The van der Waals surface area contributed by atoms with E-state index < -0.39 is 10.0 Å². The predicted molar refractivity (Wildman–Crippen MR) is 126 cm³/mol. The normalized spacial score (nSPS) is 15.5. The summed E-state index contributed by atoms with van der Waals surface area (Å²) in [5.74, 6) is -0.0884. The van der Waals surface area contributed by atoms with Gasteiger partial charge in [-0.25, -0.2) is 13.4 Å². The molecule has 7 nitrogen and oxygen atoms in total. The number of aromatic nitrogens is 1. The van der Waals surface area contributed by atoms with Gasteiger partial charge in [0.2, 0.25) is 15.9 Å². The van der Waals surface area contributed by atoms with Crippen molar-refractivity contribution in [3.05, 3.63) is 76.2 Å². The van der Waals surface area contributed by atoms with Crippen LogP contribution >= 0.6 is 11.3 Å². The molecule has 0 bridgehead atoms. The van der Waals surface area contributed by atoms with Gasteiger partial charge in [0.25, 0.3) is 0 Å². The Bertz CT molecular complexity index is 1150. The molecule has 4 rings (SSSR count). The fraction of sp³-hybridized carbons (Fsp3) is 0.304. The number of hydrogen-bond acceptors (Lipinski definition) is 6. The number of benzene rings is 2. The van der Waals surface area contributed by atoms with E-state index in [0.29, 0.717) is 37.6 Å². The number of carbonyl (C=O) groups excluding carboxylic acids is 1. The zero-order valence-electron chi connectivity index (χ0n) is 17.9. The van der Waals surface area contributed by atoms with Gasteiger partial charge in [-0.1, -0.05) is 35.9 Å². The highest BCUT2D eigenvalue weighted by atomic mass is 32.2. The summed E-state index contributed by atoms with van der Waals surface area (Å²) in [5, 5.41) is 5.64. The van der Waals surface area contributed by atoms with E-state index in [0.717, 1.165) is 22.0 Å². The molecular formula is C23H26N4O3S2. The van der Waals surface area contributed by atoms with Crippen molar-refractivity contribution in [1.82, 2.24) is 14.2 Å². The third-order valence-corrected chi connectivity index (χ3v) is 8.15. The molecule has 1 aliphatic rings. The van der Waals surface area contributed by atoms with Crippen molar-refractivity contribution in [3.8, 4) is 0 Å². The minimum atomic E-state index is -3.45. The van der Waals surface area contributed by atoms with Crippen molar-refractivity contribution in [2.45, 2.75) is 24.8 Å². The SMILES string of the molecule is Cc1ccc(NC(=O)Cc2nc(CN3CCN(S(=O)(=O)c4ccccc4)CC3)cs2)cc1. The first-order valence-electron chi connectivity index (χ1n) is 10.5. The first-order valence-corrected chi connectivity index (χ1v) is 12.8. The highest BCUT2D eigenvalue weighted by Crippen LogP contribution is 2.19. The molecule has 1 amide bonds. The number of carbonyl (C=O) groups is 1. The van der Waals surface area contributed by atoms with Crippen LogP contribution in [-0.2, 0) is 27.8 Å². The van der Waals surface area contributed by atoms with Crippen molar-refractivity contribution in [2.75, 3.05) is 31.5 Å². The number of aryl methyl sites for hydroxylation is 1. The predicted octanol–water partition coefficient (Wildman–Crippen LogP) is 3.14. The zero-order valence-corrected chi connectivity index (χ0v) is 19.5. The summed E-state index contributed by atoms with van der Waals surface area (Å²) in [4.78, 5) is 19.4. The van der Waals surface area contributed by atoms with E-state index in [9.17, 15) is 13.2 Å². The fourth-order valence-electron chi connectivity index (χ4n) is 3.58. The number of piperazine rings is 1. The lowest BCUT2D eigenvalue weighted by Gasteiger charge is -2.33. The standard InChI is InChI=1S/C23H26N4O3S2/c1-18-7-9-19(10-8-18)24-22(28)15-23-25-20(17-31-23)16-26-11-13-27(14-12-26)32(29,30)21-5-3-2-4-6-21/h2-10,17H,11-16H2,1H3,(H,24,28). The van der Waals surface area contributed by atoms with Gasteiger partial charge in [-0.05, 0) is 31.2 Å². The summed E-state index contributed by atoms with van der Waals surface area (Å²) in [6.07, 6.45) is 0.238. The molecule has 0 radical (unpaired) electrons. The topological polar surface area (TPSA) is 82.6 Å². The Morgan fingerprint density at radius 1 is 1.03 bits per heavy atom. The maximum Gasteiger partial charge on any atom is 0.243 e. The van der Waals surface area contributed by atoms with Crippen molar-refractivity contribution < 1.29 is 13.2 Å². The van der Waals surface area contributed by atoms with Crippen LogP contribution in [0.15, 0.2) is 64.9 Å². The third-order valence-electron chi connectivity index (χ3n) is 5.34. The molecule has 1 aliphatic heterocycles. The minimum Gasteiger partial charge on any atom is -0.326 e. The lowest BCUT2D eigenvalue weighted by molar-refractivity contribution is -0.115. The first kappa shape index (κ1) is 22.6. The maximum atomic E-state index is 12.8. The molecule has 32 heavy (non-hydrogen) atoms. The highest BCUT2D eigenvalue weighted by Gasteiger charge is 2.28. The summed E-state index contributed by atoms with van der Waals surface area (Å²) in [5.41, 5.74) is 2.83. The van der Waals surface area contributed by atoms with Gasteiger partial charge in [-0.3, -0.25) is 9.69 Å². The van der Waals surface area contributed by atoms with Gasteiger partial charge in [-0.2, -0.15) is 4.31 Å². The second-order valence-corrected chi connectivity index (χ2v) is 10.7. The van der Waals surface area contributed by atoms with E-state index in [-0.39, 0.29) is 12.3 Å². The van der Waals surface area contributed by atoms with E-state index in [1.807, 2.05) is 42.6 Å². The Kier molecular flexibility index (Phi) is 7.00. The Morgan fingerprint density at radius 3 is 2.41 bits per heavy atom. The molecule has 1 N–H and O–H groups in total. The molecular weight excluding hydrogens is 444 g/mol. The molecule has 168 valence electrons. The molecule has 1 fully saturated rings. The maximum absolute atomic E-state index is 12.8. The van der Waals surface area contributed by atoms with Crippen LogP contribution < -0.4 is 5.32 Å². The van der Waals surface area contributed by atoms with Crippen LogP contribution in [0.3, 0.4) is 0 Å². The number of anilines is 1. The van der Waals surface area contributed by atoms with E-state index in [1.54, 1.807) is 28.6 Å². The number of nitrogens with zero attached hydrogens (tertiary/aromatic N) is 3. The molecule has 0 atom stereocenters. The second-order valence-electron chi connectivity index (χ2n) is 7.82. The number of rotatable bonds is 7. The van der Waals surface area contributed by atoms with Crippen LogP contribution in [0.5, 0.6) is 0 Å². The Hall–Kier alpha value is -2.59. The third kappa shape index (κ3) is 5.60. The van der Waals surface area contributed by atoms with E-state index >= 15 is 0 Å². The van der Waals surface area contributed by atoms with Crippen LogP contribution in [0.25, 0.3) is 0 Å². The lowest BCUT2D eigenvalue weighted by Crippen LogP contribution is -2.48. The lowest BCUT2D eigenvalue weighted by atomic mass is 10.2. The highest BCUT2D eigenvalue weighted by molar-refractivity contribution is 7.89. The fourth-order valence-corrected chi connectivity index (χ4v) is 5.81. The van der Waals surface area contributed by atoms with Crippen LogP contribution in [0.2, 0.25) is 0 Å². The summed E-state index contributed by atoms with van der Waals surface area (Å²) >= 11 is 1.48. The molecule has 0 saturated carbocycles. The molecule has 9 heteroatoms. The van der Waals surface area contributed by atoms with Crippen LogP contribution in [0.1, 0.15) is 16.3 Å². The quantitative estimate of drug-likeness (QED) is 0.574. The molecule has 0 aliphatic carbocycles. The van der Waals surface area contributed by atoms with Crippen molar-refractivity contribution >= 4 is 33.0 Å². The average molecular weight is 471 g/mol. The molecule has 0 spiro atoms. The number of amides is 1. The largest absolute Gasteiger partial charge is 0.326 e. The van der Waals surface area contributed by atoms with E-state index in [1.165, 1.54) is 11.3 Å². The Labute approximate surface area is 192 Å². The zero-order chi connectivity index (χ0) is 22.6. The molecule has 1 aromatic heterocycles. The molecule has 0 unspecified atom stereocenters. The summed E-state index contributed by atoms with van der Waals surface area (Å²) in [7, 11) is -3.45. The average Bonchev–Trinajstić information content (AvgIpc) is 3.23. The van der Waals surface area contributed by atoms with Crippen molar-refractivity contribution in [1.29, 1.82) is 0 Å². The van der Waals surface area contributed by atoms with Crippen molar-refractivity contribution in [3.63, 3.8) is 0 Å². The summed E-state index contributed by atoms with van der Waals surface area (Å²) in [6.45, 7) is 4.85. The first-order chi connectivity index (χ1) is 15.4. The minimum absolute atomic E-state index is 0.0884. The number of hydrogen-bond donors (Lipinski definition) is 1. The molecule has 2 aromatic carbocycles. The van der Waals surface area contributed by atoms with Gasteiger partial charge in [0, 0.05) is 43.8 Å². The summed E-state index contributed by atoms with van der Waals surface area (Å²) < 4.78 is 27.1. The molecule has 2 heterocycles. The number of nitrogens with one attached hydrogen (secondary N) is 1. The Balaban J connectivity index is 1.27. The van der Waals surface area contributed by atoms with Gasteiger partial charge in [0.15, 0.2) is 0 Å². The van der Waals surface area contributed by atoms with E-state index in [2.05, 4.69) is 15.2 Å². The summed E-state index contributed by atoms with van der Waals surface area (Å²) in [6, 6.07) is 16.3. The van der Waals surface area contributed by atoms with Gasteiger partial charge < -0.3 is 5.32 Å². The van der Waals surface area contributed by atoms with Crippen LogP contribution in [-0.4, -0.2) is 54.7 Å². The van der Waals surface area contributed by atoms with Crippen molar-refractivity contribution in [2.24, 2.45) is 0 Å². The number of sulfonamides is 1. The Morgan fingerprint density at radius 2 is 1.72 bits per heavy atom. The van der Waals surface area contributed by atoms with Gasteiger partial charge >= 0.3 is 0 Å². The van der Waals surface area contributed by atoms with Crippen LogP contribution in [0, 0.1) is 6.92 Å². The van der Waals surface area contributed by atoms with Crippen LogP contribution in [0.4, 0.5) is 5.69 Å². The monoisotopic (exact) mass is 470 g/mol. The van der Waals surface area contributed by atoms with Gasteiger partial charge in [0.05, 0.1) is 17.0 Å². The second kappa shape index (κ2) is 9.91. The smallest absolute Gasteiger partial charge is 0.243 e. The number of thiazole rings is 1. The van der Waals surface area contributed by atoms with E-state index in [4.69, 9.17) is 0 Å². The van der Waals surface area contributed by atoms with Gasteiger partial charge in [0.1, 0.15) is 5.01 Å². The molecule has 3 aromatic rings.